The second-order valence-electron chi connectivity index (χ2n) is 6.69. The van der Waals surface area contributed by atoms with Crippen LogP contribution in [0.3, 0.4) is 0 Å². The lowest BCUT2D eigenvalue weighted by Crippen LogP contribution is -2.41. The molecule has 2 unspecified atom stereocenters. The second-order valence-corrected chi connectivity index (χ2v) is 6.69. The van der Waals surface area contributed by atoms with E-state index in [0.717, 1.165) is 36.3 Å². The Labute approximate surface area is 127 Å². The minimum Gasteiger partial charge on any atom is -0.490 e. The fourth-order valence-corrected chi connectivity index (χ4v) is 3.73. The first kappa shape index (κ1) is 14.9. The highest BCUT2D eigenvalue weighted by Crippen LogP contribution is 2.41. The predicted molar refractivity (Wildman–Crippen MR) is 82.6 cm³/mol. The van der Waals surface area contributed by atoms with Crippen molar-refractivity contribution < 1.29 is 14.6 Å². The summed E-state index contributed by atoms with van der Waals surface area (Å²) in [6.45, 7) is 4.63. The molecule has 2 fully saturated rings. The largest absolute Gasteiger partial charge is 0.490 e. The summed E-state index contributed by atoms with van der Waals surface area (Å²) in [5.74, 6) is 0.829. The molecule has 1 aliphatic carbocycles. The van der Waals surface area contributed by atoms with Gasteiger partial charge < -0.3 is 14.6 Å². The lowest BCUT2D eigenvalue weighted by molar-refractivity contribution is -0.108. The van der Waals surface area contributed by atoms with Crippen LogP contribution >= 0.6 is 0 Å². The van der Waals surface area contributed by atoms with Gasteiger partial charge in [0, 0.05) is 18.4 Å². The summed E-state index contributed by atoms with van der Waals surface area (Å²) in [7, 11) is 0. The summed E-state index contributed by atoms with van der Waals surface area (Å²) >= 11 is 0. The minimum absolute atomic E-state index is 0.0681. The molecule has 1 saturated heterocycles. The zero-order valence-electron chi connectivity index (χ0n) is 13.1. The summed E-state index contributed by atoms with van der Waals surface area (Å²) in [6, 6.07) is 6.06. The SMILES string of the molecule is Cc1ccc(OC2CCOC3(CCCC3)C2)c(C(C)O)c1. The number of benzene rings is 1. The molecule has 0 amide bonds. The maximum absolute atomic E-state index is 9.96. The van der Waals surface area contributed by atoms with Crippen molar-refractivity contribution in [2.24, 2.45) is 0 Å². The van der Waals surface area contributed by atoms with E-state index in [4.69, 9.17) is 9.47 Å². The van der Waals surface area contributed by atoms with Crippen LogP contribution in [0.2, 0.25) is 0 Å². The van der Waals surface area contributed by atoms with Gasteiger partial charge in [-0.2, -0.15) is 0 Å². The highest BCUT2D eigenvalue weighted by molar-refractivity contribution is 5.38. The molecule has 0 radical (unpaired) electrons. The number of rotatable bonds is 3. The zero-order valence-corrected chi connectivity index (χ0v) is 13.1. The van der Waals surface area contributed by atoms with Crippen LogP contribution < -0.4 is 4.74 Å². The van der Waals surface area contributed by atoms with Gasteiger partial charge >= 0.3 is 0 Å². The molecule has 0 aromatic heterocycles. The number of ether oxygens (including phenoxy) is 2. The highest BCUT2D eigenvalue weighted by atomic mass is 16.5. The molecule has 0 bridgehead atoms. The van der Waals surface area contributed by atoms with Gasteiger partial charge in [0.1, 0.15) is 11.9 Å². The zero-order chi connectivity index (χ0) is 14.9. The number of aryl methyl sites for hydroxylation is 1. The smallest absolute Gasteiger partial charge is 0.125 e. The van der Waals surface area contributed by atoms with Gasteiger partial charge in [0.15, 0.2) is 0 Å². The summed E-state index contributed by atoms with van der Waals surface area (Å²) in [4.78, 5) is 0. The quantitative estimate of drug-likeness (QED) is 0.917. The van der Waals surface area contributed by atoms with Gasteiger partial charge in [0.25, 0.3) is 0 Å². The molecule has 1 aliphatic heterocycles. The normalized spacial score (nSPS) is 26.0. The van der Waals surface area contributed by atoms with E-state index < -0.39 is 6.10 Å². The molecule has 1 N–H and O–H groups in total. The summed E-state index contributed by atoms with van der Waals surface area (Å²) < 4.78 is 12.3. The first-order valence-electron chi connectivity index (χ1n) is 8.17. The highest BCUT2D eigenvalue weighted by Gasteiger charge is 2.40. The molecular weight excluding hydrogens is 264 g/mol. The van der Waals surface area contributed by atoms with Crippen LogP contribution in [-0.4, -0.2) is 23.4 Å². The average Bonchev–Trinajstić information content (AvgIpc) is 2.88. The molecule has 1 spiro atoms. The third-order valence-corrected chi connectivity index (χ3v) is 4.87. The molecule has 1 aromatic rings. The Morgan fingerprint density at radius 1 is 1.33 bits per heavy atom. The minimum atomic E-state index is -0.500. The Balaban J connectivity index is 1.74. The van der Waals surface area contributed by atoms with Crippen LogP contribution in [0.5, 0.6) is 5.75 Å². The summed E-state index contributed by atoms with van der Waals surface area (Å²) in [6.07, 6.45) is 6.52. The van der Waals surface area contributed by atoms with Crippen LogP contribution in [0.4, 0.5) is 0 Å². The standard InChI is InChI=1S/C18H26O3/c1-13-5-6-17(16(11-13)14(2)19)21-15-7-10-20-18(12-15)8-3-4-9-18/h5-6,11,14-15,19H,3-4,7-10,12H2,1-2H3. The van der Waals surface area contributed by atoms with E-state index in [9.17, 15) is 5.11 Å². The lowest BCUT2D eigenvalue weighted by Gasteiger charge is -2.38. The molecule has 3 nitrogen and oxygen atoms in total. The van der Waals surface area contributed by atoms with Crippen LogP contribution in [-0.2, 0) is 4.74 Å². The van der Waals surface area contributed by atoms with Crippen molar-refractivity contribution in [1.29, 1.82) is 0 Å². The van der Waals surface area contributed by atoms with Gasteiger partial charge in [-0.25, -0.2) is 0 Å². The van der Waals surface area contributed by atoms with Crippen LogP contribution in [0.15, 0.2) is 18.2 Å². The van der Waals surface area contributed by atoms with Gasteiger partial charge in [-0.05, 0) is 38.8 Å². The molecular formula is C18H26O3. The third kappa shape index (κ3) is 3.24. The van der Waals surface area contributed by atoms with Gasteiger partial charge in [-0.1, -0.05) is 24.5 Å². The molecule has 2 atom stereocenters. The molecule has 1 heterocycles. The molecule has 3 heteroatoms. The first-order chi connectivity index (χ1) is 10.1. The first-order valence-corrected chi connectivity index (χ1v) is 8.17. The van der Waals surface area contributed by atoms with E-state index in [1.807, 2.05) is 25.1 Å². The molecule has 1 saturated carbocycles. The Bertz CT molecular complexity index is 489. The molecule has 1 aromatic carbocycles. The molecule has 3 rings (SSSR count). The van der Waals surface area contributed by atoms with E-state index in [1.54, 1.807) is 6.92 Å². The number of aliphatic hydroxyl groups excluding tert-OH is 1. The fourth-order valence-electron chi connectivity index (χ4n) is 3.73. The van der Waals surface area contributed by atoms with E-state index in [0.29, 0.717) is 0 Å². The maximum Gasteiger partial charge on any atom is 0.125 e. The fraction of sp³-hybridized carbons (Fsp3) is 0.667. The van der Waals surface area contributed by atoms with Crippen molar-refractivity contribution in [2.75, 3.05) is 6.61 Å². The van der Waals surface area contributed by atoms with Crippen LogP contribution in [0, 0.1) is 6.92 Å². The number of hydrogen-bond donors (Lipinski definition) is 1. The molecule has 2 aliphatic rings. The summed E-state index contributed by atoms with van der Waals surface area (Å²) in [5, 5.41) is 9.96. The second kappa shape index (κ2) is 5.98. The van der Waals surface area contributed by atoms with E-state index in [-0.39, 0.29) is 11.7 Å². The lowest BCUT2D eigenvalue weighted by atomic mass is 9.90. The van der Waals surface area contributed by atoms with Crippen molar-refractivity contribution in [3.8, 4) is 5.75 Å². The monoisotopic (exact) mass is 290 g/mol. The third-order valence-electron chi connectivity index (χ3n) is 4.87. The van der Waals surface area contributed by atoms with Gasteiger partial charge in [0.2, 0.25) is 0 Å². The van der Waals surface area contributed by atoms with Crippen molar-refractivity contribution in [2.45, 2.75) is 70.2 Å². The summed E-state index contributed by atoms with van der Waals surface area (Å²) in [5.41, 5.74) is 2.11. The molecule has 21 heavy (non-hydrogen) atoms. The number of aliphatic hydroxyl groups is 1. The van der Waals surface area contributed by atoms with Crippen molar-refractivity contribution in [3.05, 3.63) is 29.3 Å². The Kier molecular flexibility index (Phi) is 4.23. The van der Waals surface area contributed by atoms with Gasteiger partial charge in [-0.15, -0.1) is 0 Å². The predicted octanol–water partition coefficient (Wildman–Crippen LogP) is 3.92. The Morgan fingerprint density at radius 2 is 2.10 bits per heavy atom. The topological polar surface area (TPSA) is 38.7 Å². The Hall–Kier alpha value is -1.06. The van der Waals surface area contributed by atoms with Gasteiger partial charge in [0.05, 0.1) is 18.3 Å². The van der Waals surface area contributed by atoms with E-state index in [1.165, 1.54) is 25.7 Å². The van der Waals surface area contributed by atoms with Crippen molar-refractivity contribution in [3.63, 3.8) is 0 Å². The van der Waals surface area contributed by atoms with E-state index in [2.05, 4.69) is 0 Å². The Morgan fingerprint density at radius 3 is 2.81 bits per heavy atom. The van der Waals surface area contributed by atoms with Gasteiger partial charge in [-0.3, -0.25) is 0 Å². The van der Waals surface area contributed by atoms with Crippen molar-refractivity contribution in [1.82, 2.24) is 0 Å². The molecule has 116 valence electrons. The average molecular weight is 290 g/mol. The number of hydrogen-bond acceptors (Lipinski definition) is 3. The maximum atomic E-state index is 9.96. The van der Waals surface area contributed by atoms with Crippen LogP contribution in [0.1, 0.15) is 62.7 Å². The van der Waals surface area contributed by atoms with E-state index >= 15 is 0 Å². The van der Waals surface area contributed by atoms with Crippen molar-refractivity contribution >= 4 is 0 Å². The van der Waals surface area contributed by atoms with Crippen LogP contribution in [0.25, 0.3) is 0 Å².